The molecule has 2 N–H and O–H groups in total. The summed E-state index contributed by atoms with van der Waals surface area (Å²) in [6.45, 7) is 4.46. The number of nitrogens with two attached hydrogens (primary N) is 1. The summed E-state index contributed by atoms with van der Waals surface area (Å²) in [6, 6.07) is 8.19. The maximum Gasteiger partial charge on any atom is 0.256 e. The highest BCUT2D eigenvalue weighted by molar-refractivity contribution is 7.98. The lowest BCUT2D eigenvalue weighted by Gasteiger charge is -2.05. The monoisotopic (exact) mass is 248 g/mol. The topological polar surface area (TPSA) is 52.0 Å². The Balaban J connectivity index is 2.07. The van der Waals surface area contributed by atoms with Crippen molar-refractivity contribution in [2.75, 3.05) is 0 Å². The highest BCUT2D eigenvalue weighted by Gasteiger charge is 2.07. The molecule has 0 fully saturated rings. The number of thioether (sulfide) groups is 1. The summed E-state index contributed by atoms with van der Waals surface area (Å²) in [5.41, 5.74) is 9.08. The van der Waals surface area contributed by atoms with Gasteiger partial charge in [-0.25, -0.2) is 4.98 Å². The molecule has 3 nitrogen and oxygen atoms in total. The lowest BCUT2D eigenvalue weighted by Crippen LogP contribution is -2.00. The van der Waals surface area contributed by atoms with Crippen molar-refractivity contribution < 1.29 is 4.42 Å². The van der Waals surface area contributed by atoms with Crippen molar-refractivity contribution in [3.8, 4) is 0 Å². The van der Waals surface area contributed by atoms with Gasteiger partial charge in [0.15, 0.2) is 0 Å². The molecule has 1 aromatic carbocycles. The van der Waals surface area contributed by atoms with Crippen molar-refractivity contribution in [3.63, 3.8) is 0 Å². The van der Waals surface area contributed by atoms with Crippen LogP contribution in [0.25, 0.3) is 0 Å². The first-order valence-electron chi connectivity index (χ1n) is 5.54. The summed E-state index contributed by atoms with van der Waals surface area (Å²) in [5.74, 6) is 1.73. The number of oxazole rings is 1. The first-order valence-corrected chi connectivity index (χ1v) is 6.53. The molecule has 4 heteroatoms. The molecule has 2 aromatic rings. The van der Waals surface area contributed by atoms with E-state index in [4.69, 9.17) is 10.2 Å². The molecule has 1 aromatic heterocycles. The third-order valence-corrected chi connectivity index (χ3v) is 3.58. The Morgan fingerprint density at radius 2 is 1.94 bits per heavy atom. The Labute approximate surface area is 105 Å². The molecule has 2 rings (SSSR count). The molecular formula is C13H16N2OS. The minimum absolute atomic E-state index is 0.570. The molecule has 0 radical (unpaired) electrons. The molecule has 17 heavy (non-hydrogen) atoms. The van der Waals surface area contributed by atoms with Gasteiger partial charge in [-0.2, -0.15) is 0 Å². The third-order valence-electron chi connectivity index (χ3n) is 2.70. The van der Waals surface area contributed by atoms with E-state index >= 15 is 0 Å². The fourth-order valence-electron chi connectivity index (χ4n) is 1.54. The first kappa shape index (κ1) is 12.2. The van der Waals surface area contributed by atoms with Crippen LogP contribution in [0.3, 0.4) is 0 Å². The van der Waals surface area contributed by atoms with Gasteiger partial charge in [0.05, 0.1) is 5.69 Å². The zero-order valence-electron chi connectivity index (χ0n) is 10.1. The summed E-state index contributed by atoms with van der Waals surface area (Å²) in [5, 5.41) is 0.729. The largest absolute Gasteiger partial charge is 0.437 e. The average molecular weight is 248 g/mol. The van der Waals surface area contributed by atoms with Crippen molar-refractivity contribution in [2.45, 2.75) is 31.4 Å². The number of rotatable bonds is 4. The van der Waals surface area contributed by atoms with Crippen molar-refractivity contribution >= 4 is 11.8 Å². The molecule has 0 saturated carbocycles. The second-order valence-electron chi connectivity index (χ2n) is 3.88. The van der Waals surface area contributed by atoms with E-state index < -0.39 is 0 Å². The van der Waals surface area contributed by atoms with Gasteiger partial charge < -0.3 is 10.2 Å². The number of aromatic nitrogens is 1. The summed E-state index contributed by atoms with van der Waals surface area (Å²) in [6.07, 6.45) is 0. The maximum absolute atomic E-state index is 5.70. The zero-order chi connectivity index (χ0) is 12.3. The Bertz CT molecular complexity index is 488. The van der Waals surface area contributed by atoms with E-state index in [1.807, 2.05) is 26.0 Å². The van der Waals surface area contributed by atoms with Gasteiger partial charge in [0.2, 0.25) is 0 Å². The quantitative estimate of drug-likeness (QED) is 0.845. The summed E-state index contributed by atoms with van der Waals surface area (Å²) in [7, 11) is 0. The van der Waals surface area contributed by atoms with Gasteiger partial charge in [-0.1, -0.05) is 36.0 Å². The number of benzene rings is 1. The van der Waals surface area contributed by atoms with Crippen LogP contribution >= 0.6 is 11.8 Å². The molecular weight excluding hydrogens is 232 g/mol. The van der Waals surface area contributed by atoms with Crippen LogP contribution in [0.1, 0.15) is 22.6 Å². The van der Waals surface area contributed by atoms with Crippen LogP contribution in [0.2, 0.25) is 0 Å². The molecule has 0 spiro atoms. The van der Waals surface area contributed by atoms with Crippen molar-refractivity contribution in [1.82, 2.24) is 4.98 Å². The van der Waals surface area contributed by atoms with Crippen LogP contribution in [0.4, 0.5) is 0 Å². The fourth-order valence-corrected chi connectivity index (χ4v) is 2.49. The average Bonchev–Trinajstić information content (AvgIpc) is 2.66. The van der Waals surface area contributed by atoms with Crippen molar-refractivity contribution in [3.05, 3.63) is 46.8 Å². The Morgan fingerprint density at radius 3 is 2.53 bits per heavy atom. The molecule has 0 atom stereocenters. The predicted molar refractivity (Wildman–Crippen MR) is 69.9 cm³/mol. The second-order valence-corrected chi connectivity index (χ2v) is 4.81. The molecule has 0 unspecified atom stereocenters. The van der Waals surface area contributed by atoms with E-state index in [0.29, 0.717) is 6.54 Å². The van der Waals surface area contributed by atoms with E-state index in [1.165, 1.54) is 11.1 Å². The van der Waals surface area contributed by atoms with Crippen LogP contribution in [0, 0.1) is 13.8 Å². The fraction of sp³-hybridized carbons (Fsp3) is 0.308. The standard InChI is InChI=1S/C13H16N2OS/c1-9-10(2)16-13(15-9)17-8-12-6-4-3-5-11(12)7-14/h3-6H,7-8,14H2,1-2H3. The summed E-state index contributed by atoms with van der Waals surface area (Å²) in [4.78, 5) is 4.35. The van der Waals surface area contributed by atoms with Crippen LogP contribution in [-0.2, 0) is 12.3 Å². The molecule has 0 aliphatic rings. The third kappa shape index (κ3) is 2.90. The SMILES string of the molecule is Cc1nc(SCc2ccccc2CN)oc1C. The Hall–Kier alpha value is -1.26. The first-order chi connectivity index (χ1) is 8.20. The van der Waals surface area contributed by atoms with Crippen molar-refractivity contribution in [1.29, 1.82) is 0 Å². The minimum Gasteiger partial charge on any atom is -0.437 e. The van der Waals surface area contributed by atoms with E-state index in [9.17, 15) is 0 Å². The Kier molecular flexibility index (Phi) is 3.86. The van der Waals surface area contributed by atoms with E-state index in [0.717, 1.165) is 22.4 Å². The van der Waals surface area contributed by atoms with Crippen LogP contribution in [-0.4, -0.2) is 4.98 Å². The predicted octanol–water partition coefficient (Wildman–Crippen LogP) is 3.04. The molecule has 0 aliphatic heterocycles. The summed E-state index contributed by atoms with van der Waals surface area (Å²) >= 11 is 1.60. The lowest BCUT2D eigenvalue weighted by molar-refractivity contribution is 0.431. The van der Waals surface area contributed by atoms with Gasteiger partial charge in [0, 0.05) is 12.3 Å². The highest BCUT2D eigenvalue weighted by atomic mass is 32.2. The maximum atomic E-state index is 5.70. The zero-order valence-corrected chi connectivity index (χ0v) is 10.9. The van der Waals surface area contributed by atoms with Gasteiger partial charge in [-0.05, 0) is 25.0 Å². The molecule has 0 aliphatic carbocycles. The minimum atomic E-state index is 0.570. The van der Waals surface area contributed by atoms with Gasteiger partial charge >= 0.3 is 0 Å². The molecule has 90 valence electrons. The molecule has 0 bridgehead atoms. The highest BCUT2D eigenvalue weighted by Crippen LogP contribution is 2.25. The van der Waals surface area contributed by atoms with Gasteiger partial charge in [-0.15, -0.1) is 0 Å². The smallest absolute Gasteiger partial charge is 0.256 e. The number of hydrogen-bond donors (Lipinski definition) is 1. The van der Waals surface area contributed by atoms with Crippen LogP contribution in [0.5, 0.6) is 0 Å². The van der Waals surface area contributed by atoms with E-state index in [-0.39, 0.29) is 0 Å². The van der Waals surface area contributed by atoms with Crippen LogP contribution in [0.15, 0.2) is 33.9 Å². The van der Waals surface area contributed by atoms with Gasteiger partial charge in [0.25, 0.3) is 5.22 Å². The van der Waals surface area contributed by atoms with Gasteiger partial charge in [-0.3, -0.25) is 0 Å². The van der Waals surface area contributed by atoms with E-state index in [2.05, 4.69) is 17.1 Å². The Morgan fingerprint density at radius 1 is 1.24 bits per heavy atom. The number of hydrogen-bond acceptors (Lipinski definition) is 4. The molecule has 0 saturated heterocycles. The normalized spacial score (nSPS) is 10.8. The number of aryl methyl sites for hydroxylation is 2. The van der Waals surface area contributed by atoms with Crippen LogP contribution < -0.4 is 5.73 Å². The van der Waals surface area contributed by atoms with E-state index in [1.54, 1.807) is 11.8 Å². The molecule has 0 amide bonds. The lowest BCUT2D eigenvalue weighted by atomic mass is 10.1. The summed E-state index contributed by atoms with van der Waals surface area (Å²) < 4.78 is 5.53. The second kappa shape index (κ2) is 5.38. The van der Waals surface area contributed by atoms with Gasteiger partial charge in [0.1, 0.15) is 5.76 Å². The number of nitrogens with zero attached hydrogens (tertiary/aromatic N) is 1. The van der Waals surface area contributed by atoms with Crippen molar-refractivity contribution in [2.24, 2.45) is 5.73 Å². The molecule has 1 heterocycles.